The molecular formula is C16H25N7. The first-order valence-electron chi connectivity index (χ1n) is 8.04. The van der Waals surface area contributed by atoms with Crippen LogP contribution in [0.1, 0.15) is 35.8 Å². The SMILES string of the molecule is Cc1cc(C)n(CCN(C)c2cc(C3CC(N)C3)nc(N)n2)n1. The third kappa shape index (κ3) is 3.44. The molecule has 0 atom stereocenters. The van der Waals surface area contributed by atoms with Crippen LogP contribution in [0.3, 0.4) is 0 Å². The van der Waals surface area contributed by atoms with Gasteiger partial charge in [-0.2, -0.15) is 10.1 Å². The van der Waals surface area contributed by atoms with Gasteiger partial charge in [0.15, 0.2) is 0 Å². The van der Waals surface area contributed by atoms with E-state index < -0.39 is 0 Å². The second-order valence-electron chi connectivity index (χ2n) is 6.51. The molecule has 3 rings (SSSR count). The minimum atomic E-state index is 0.295. The Balaban J connectivity index is 1.69. The third-order valence-electron chi connectivity index (χ3n) is 4.48. The Morgan fingerprint density at radius 1 is 1.26 bits per heavy atom. The van der Waals surface area contributed by atoms with Crippen molar-refractivity contribution in [1.82, 2.24) is 19.7 Å². The van der Waals surface area contributed by atoms with E-state index in [0.717, 1.165) is 43.1 Å². The van der Waals surface area contributed by atoms with Gasteiger partial charge in [-0.15, -0.1) is 0 Å². The van der Waals surface area contributed by atoms with Crippen molar-refractivity contribution in [3.63, 3.8) is 0 Å². The standard InChI is InChI=1S/C16H25N7/c1-10-6-11(2)23(21-10)5-4-22(3)15-9-14(19-16(18)20-15)12-7-13(17)8-12/h6,9,12-13H,4-5,7-8,17H2,1-3H3,(H2,18,19,20). The van der Waals surface area contributed by atoms with E-state index in [-0.39, 0.29) is 0 Å². The minimum Gasteiger partial charge on any atom is -0.368 e. The molecule has 7 nitrogen and oxygen atoms in total. The summed E-state index contributed by atoms with van der Waals surface area (Å²) in [5.74, 6) is 1.60. The van der Waals surface area contributed by atoms with Crippen molar-refractivity contribution in [3.05, 3.63) is 29.2 Å². The van der Waals surface area contributed by atoms with Crippen LogP contribution in [0.4, 0.5) is 11.8 Å². The molecule has 0 bridgehead atoms. The number of aryl methyl sites for hydroxylation is 2. The Hall–Kier alpha value is -2.15. The maximum absolute atomic E-state index is 5.89. The smallest absolute Gasteiger partial charge is 0.222 e. The predicted octanol–water partition coefficient (Wildman–Crippen LogP) is 1.21. The topological polar surface area (TPSA) is 98.9 Å². The largest absolute Gasteiger partial charge is 0.368 e. The molecule has 7 heteroatoms. The lowest BCUT2D eigenvalue weighted by Gasteiger charge is -2.32. The maximum Gasteiger partial charge on any atom is 0.222 e. The fraction of sp³-hybridized carbons (Fsp3) is 0.562. The van der Waals surface area contributed by atoms with Gasteiger partial charge in [-0.3, -0.25) is 4.68 Å². The van der Waals surface area contributed by atoms with Crippen LogP contribution in [0.25, 0.3) is 0 Å². The predicted molar refractivity (Wildman–Crippen MR) is 91.4 cm³/mol. The van der Waals surface area contributed by atoms with Gasteiger partial charge in [-0.1, -0.05) is 0 Å². The number of nitrogens with zero attached hydrogens (tertiary/aromatic N) is 5. The van der Waals surface area contributed by atoms with Gasteiger partial charge in [0.25, 0.3) is 0 Å². The molecular weight excluding hydrogens is 290 g/mol. The molecule has 1 aliphatic rings. The number of rotatable bonds is 5. The van der Waals surface area contributed by atoms with Crippen molar-refractivity contribution in [2.75, 3.05) is 24.2 Å². The monoisotopic (exact) mass is 315 g/mol. The molecule has 2 heterocycles. The van der Waals surface area contributed by atoms with E-state index in [0.29, 0.717) is 17.9 Å². The summed E-state index contributed by atoms with van der Waals surface area (Å²) < 4.78 is 2.02. The maximum atomic E-state index is 5.89. The summed E-state index contributed by atoms with van der Waals surface area (Å²) in [5, 5.41) is 4.49. The van der Waals surface area contributed by atoms with E-state index >= 15 is 0 Å². The molecule has 23 heavy (non-hydrogen) atoms. The van der Waals surface area contributed by atoms with Gasteiger partial charge in [0.05, 0.1) is 17.9 Å². The number of hydrogen-bond acceptors (Lipinski definition) is 6. The van der Waals surface area contributed by atoms with Crippen LogP contribution in [-0.2, 0) is 6.54 Å². The summed E-state index contributed by atoms with van der Waals surface area (Å²) in [6.45, 7) is 5.69. The molecule has 0 amide bonds. The van der Waals surface area contributed by atoms with Gasteiger partial charge >= 0.3 is 0 Å². The highest BCUT2D eigenvalue weighted by atomic mass is 15.3. The van der Waals surface area contributed by atoms with E-state index in [1.165, 1.54) is 5.69 Å². The van der Waals surface area contributed by atoms with Crippen molar-refractivity contribution >= 4 is 11.8 Å². The lowest BCUT2D eigenvalue weighted by atomic mass is 9.78. The van der Waals surface area contributed by atoms with Crippen LogP contribution in [0.5, 0.6) is 0 Å². The summed E-state index contributed by atoms with van der Waals surface area (Å²) in [5.41, 5.74) is 15.0. The number of likely N-dealkylation sites (N-methyl/N-ethyl adjacent to an activating group) is 1. The van der Waals surface area contributed by atoms with Crippen molar-refractivity contribution in [2.45, 2.75) is 45.2 Å². The number of nitrogens with two attached hydrogens (primary N) is 2. The van der Waals surface area contributed by atoms with Gasteiger partial charge in [-0.25, -0.2) is 4.98 Å². The van der Waals surface area contributed by atoms with Crippen molar-refractivity contribution in [1.29, 1.82) is 0 Å². The molecule has 124 valence electrons. The van der Waals surface area contributed by atoms with Gasteiger partial charge in [0, 0.05) is 37.3 Å². The lowest BCUT2D eigenvalue weighted by molar-refractivity contribution is 0.345. The Morgan fingerprint density at radius 2 is 2.00 bits per heavy atom. The fourth-order valence-corrected chi connectivity index (χ4v) is 3.04. The van der Waals surface area contributed by atoms with E-state index in [4.69, 9.17) is 11.5 Å². The Bertz CT molecular complexity index is 688. The van der Waals surface area contributed by atoms with Crippen molar-refractivity contribution < 1.29 is 0 Å². The van der Waals surface area contributed by atoms with E-state index in [1.54, 1.807) is 0 Å². The highest BCUT2D eigenvalue weighted by molar-refractivity contribution is 5.44. The molecule has 0 spiro atoms. The Kier molecular flexibility index (Phi) is 4.21. The first-order valence-corrected chi connectivity index (χ1v) is 8.04. The molecule has 0 radical (unpaired) electrons. The van der Waals surface area contributed by atoms with Crippen LogP contribution >= 0.6 is 0 Å². The highest BCUT2D eigenvalue weighted by Crippen LogP contribution is 2.35. The second kappa shape index (κ2) is 6.16. The van der Waals surface area contributed by atoms with Crippen LogP contribution in [0, 0.1) is 13.8 Å². The van der Waals surface area contributed by atoms with Crippen molar-refractivity contribution in [2.24, 2.45) is 5.73 Å². The third-order valence-corrected chi connectivity index (χ3v) is 4.48. The van der Waals surface area contributed by atoms with Crippen LogP contribution in [0.15, 0.2) is 12.1 Å². The van der Waals surface area contributed by atoms with Gasteiger partial charge in [-0.05, 0) is 32.8 Å². The van der Waals surface area contributed by atoms with Crippen LogP contribution < -0.4 is 16.4 Å². The number of anilines is 2. The summed E-state index contributed by atoms with van der Waals surface area (Å²) in [4.78, 5) is 10.8. The number of aromatic nitrogens is 4. The summed E-state index contributed by atoms with van der Waals surface area (Å²) in [6.07, 6.45) is 1.96. The lowest BCUT2D eigenvalue weighted by Crippen LogP contribution is -2.35. The quantitative estimate of drug-likeness (QED) is 0.860. The molecule has 0 aliphatic heterocycles. The molecule has 4 N–H and O–H groups in total. The molecule has 1 fully saturated rings. The summed E-state index contributed by atoms with van der Waals surface area (Å²) in [6, 6.07) is 4.41. The van der Waals surface area contributed by atoms with Gasteiger partial charge in [0.1, 0.15) is 5.82 Å². The fourth-order valence-electron chi connectivity index (χ4n) is 3.04. The zero-order valence-corrected chi connectivity index (χ0v) is 14.0. The number of hydrogen-bond donors (Lipinski definition) is 2. The molecule has 0 aromatic carbocycles. The molecule has 1 aliphatic carbocycles. The molecule has 0 unspecified atom stereocenters. The van der Waals surface area contributed by atoms with Gasteiger partial charge < -0.3 is 16.4 Å². The Labute approximate surface area is 136 Å². The van der Waals surface area contributed by atoms with E-state index in [1.807, 2.05) is 24.7 Å². The zero-order chi connectivity index (χ0) is 16.6. The minimum absolute atomic E-state index is 0.295. The van der Waals surface area contributed by atoms with E-state index in [2.05, 4.69) is 33.0 Å². The molecule has 2 aromatic rings. The summed E-state index contributed by atoms with van der Waals surface area (Å²) >= 11 is 0. The highest BCUT2D eigenvalue weighted by Gasteiger charge is 2.29. The first-order chi connectivity index (χ1) is 10.9. The van der Waals surface area contributed by atoms with Crippen LogP contribution in [0.2, 0.25) is 0 Å². The zero-order valence-electron chi connectivity index (χ0n) is 14.0. The Morgan fingerprint density at radius 3 is 2.61 bits per heavy atom. The molecule has 0 saturated heterocycles. The van der Waals surface area contributed by atoms with Gasteiger partial charge in [0.2, 0.25) is 5.95 Å². The second-order valence-corrected chi connectivity index (χ2v) is 6.51. The normalized spacial score (nSPS) is 20.3. The average Bonchev–Trinajstić information content (AvgIpc) is 2.78. The first kappa shape index (κ1) is 15.7. The summed E-state index contributed by atoms with van der Waals surface area (Å²) in [7, 11) is 2.02. The molecule has 1 saturated carbocycles. The average molecular weight is 315 g/mol. The van der Waals surface area contributed by atoms with Crippen LogP contribution in [-0.4, -0.2) is 39.4 Å². The van der Waals surface area contributed by atoms with E-state index in [9.17, 15) is 0 Å². The van der Waals surface area contributed by atoms with Crippen molar-refractivity contribution in [3.8, 4) is 0 Å². The number of nitrogen functional groups attached to an aromatic ring is 1. The molecule has 2 aromatic heterocycles.